The van der Waals surface area contributed by atoms with Crippen molar-refractivity contribution in [2.75, 3.05) is 13.2 Å². The maximum Gasteiger partial charge on any atom is 0.119 e. The Hall–Kier alpha value is -1.02. The first-order chi connectivity index (χ1) is 9.01. The first-order valence-electron chi connectivity index (χ1n) is 7.45. The molecule has 1 aromatic rings. The zero-order chi connectivity index (χ0) is 14.4. The van der Waals surface area contributed by atoms with E-state index in [1.54, 1.807) is 0 Å². The minimum atomic E-state index is 0.545. The molecule has 1 rings (SSSR count). The Morgan fingerprint density at radius 3 is 2.21 bits per heavy atom. The van der Waals surface area contributed by atoms with Gasteiger partial charge in [0.15, 0.2) is 0 Å². The average molecular weight is 263 g/mol. The zero-order valence-electron chi connectivity index (χ0n) is 13.1. The van der Waals surface area contributed by atoms with Gasteiger partial charge in [-0.05, 0) is 73.9 Å². The fraction of sp³-hybridized carbons (Fsp3) is 0.647. The molecular formula is C17H29NO. The molecule has 0 radical (unpaired) electrons. The number of hydrogen-bond donors (Lipinski definition) is 1. The lowest BCUT2D eigenvalue weighted by Crippen LogP contribution is -2.14. The summed E-state index contributed by atoms with van der Waals surface area (Å²) in [5, 5.41) is 0. The van der Waals surface area contributed by atoms with E-state index >= 15 is 0 Å². The Bertz CT molecular complexity index is 377. The van der Waals surface area contributed by atoms with Crippen LogP contribution in [0.3, 0.4) is 0 Å². The molecule has 19 heavy (non-hydrogen) atoms. The number of ether oxygens (including phenoxy) is 1. The van der Waals surface area contributed by atoms with E-state index in [0.717, 1.165) is 31.7 Å². The highest BCUT2D eigenvalue weighted by molar-refractivity contribution is 5.43. The Balaban J connectivity index is 2.95. The maximum atomic E-state index is 5.74. The van der Waals surface area contributed by atoms with Gasteiger partial charge in [0.05, 0.1) is 6.61 Å². The molecule has 2 heteroatoms. The summed E-state index contributed by atoms with van der Waals surface area (Å²) >= 11 is 0. The number of benzene rings is 1. The SMILES string of the molecule is CCCOc1cc(C)c(C(C)C(C)CCN)c(C)c1. The molecule has 0 aliphatic heterocycles. The lowest BCUT2D eigenvalue weighted by atomic mass is 9.82. The first-order valence-corrected chi connectivity index (χ1v) is 7.45. The van der Waals surface area contributed by atoms with Crippen LogP contribution in [0.15, 0.2) is 12.1 Å². The van der Waals surface area contributed by atoms with Gasteiger partial charge in [-0.15, -0.1) is 0 Å². The summed E-state index contributed by atoms with van der Waals surface area (Å²) in [7, 11) is 0. The predicted molar refractivity (Wildman–Crippen MR) is 83.0 cm³/mol. The zero-order valence-corrected chi connectivity index (χ0v) is 13.1. The van der Waals surface area contributed by atoms with Gasteiger partial charge in [0.1, 0.15) is 5.75 Å². The molecule has 0 aliphatic rings. The Labute approximate surface area is 118 Å². The van der Waals surface area contributed by atoms with Gasteiger partial charge in [0, 0.05) is 0 Å². The van der Waals surface area contributed by atoms with Gasteiger partial charge in [-0.25, -0.2) is 0 Å². The van der Waals surface area contributed by atoms with Gasteiger partial charge in [-0.3, -0.25) is 0 Å². The van der Waals surface area contributed by atoms with Crippen molar-refractivity contribution in [3.05, 3.63) is 28.8 Å². The molecule has 1 aromatic carbocycles. The third-order valence-electron chi connectivity index (χ3n) is 3.97. The predicted octanol–water partition coefficient (Wildman–Crippen LogP) is 4.18. The van der Waals surface area contributed by atoms with Crippen LogP contribution in [-0.4, -0.2) is 13.2 Å². The molecular weight excluding hydrogens is 234 g/mol. The third-order valence-corrected chi connectivity index (χ3v) is 3.97. The average Bonchev–Trinajstić information content (AvgIpc) is 2.35. The normalized spacial score (nSPS) is 14.2. The maximum absolute atomic E-state index is 5.74. The van der Waals surface area contributed by atoms with E-state index in [1.165, 1.54) is 16.7 Å². The summed E-state index contributed by atoms with van der Waals surface area (Å²) < 4.78 is 5.74. The molecule has 2 unspecified atom stereocenters. The molecule has 0 saturated heterocycles. The van der Waals surface area contributed by atoms with Crippen molar-refractivity contribution in [2.45, 2.75) is 53.4 Å². The second-order valence-corrected chi connectivity index (χ2v) is 5.66. The highest BCUT2D eigenvalue weighted by atomic mass is 16.5. The second kappa shape index (κ2) is 7.54. The van der Waals surface area contributed by atoms with Gasteiger partial charge in [0.2, 0.25) is 0 Å². The van der Waals surface area contributed by atoms with E-state index in [-0.39, 0.29) is 0 Å². The quantitative estimate of drug-likeness (QED) is 0.801. The van der Waals surface area contributed by atoms with Crippen molar-refractivity contribution in [1.82, 2.24) is 0 Å². The van der Waals surface area contributed by atoms with Gasteiger partial charge < -0.3 is 10.5 Å². The molecule has 2 nitrogen and oxygen atoms in total. The molecule has 0 fully saturated rings. The van der Waals surface area contributed by atoms with Crippen LogP contribution >= 0.6 is 0 Å². The molecule has 108 valence electrons. The number of hydrogen-bond acceptors (Lipinski definition) is 2. The monoisotopic (exact) mass is 263 g/mol. The number of aryl methyl sites for hydroxylation is 2. The molecule has 0 saturated carbocycles. The largest absolute Gasteiger partial charge is 0.494 e. The number of rotatable bonds is 7. The van der Waals surface area contributed by atoms with Crippen molar-refractivity contribution in [3.63, 3.8) is 0 Å². The van der Waals surface area contributed by atoms with Crippen molar-refractivity contribution >= 4 is 0 Å². The minimum absolute atomic E-state index is 0.545. The smallest absolute Gasteiger partial charge is 0.119 e. The highest BCUT2D eigenvalue weighted by Crippen LogP contribution is 2.33. The summed E-state index contributed by atoms with van der Waals surface area (Å²) in [6.07, 6.45) is 2.12. The highest BCUT2D eigenvalue weighted by Gasteiger charge is 2.18. The van der Waals surface area contributed by atoms with Crippen LogP contribution in [-0.2, 0) is 0 Å². The van der Waals surface area contributed by atoms with Crippen molar-refractivity contribution in [1.29, 1.82) is 0 Å². The van der Waals surface area contributed by atoms with Crippen molar-refractivity contribution in [3.8, 4) is 5.75 Å². The standard InChI is InChI=1S/C17H29NO/c1-6-9-19-16-10-13(3)17(14(4)11-16)15(5)12(2)7-8-18/h10-12,15H,6-9,18H2,1-5H3. The van der Waals surface area contributed by atoms with E-state index < -0.39 is 0 Å². The van der Waals surface area contributed by atoms with Crippen LogP contribution in [0.2, 0.25) is 0 Å². The molecule has 0 heterocycles. The van der Waals surface area contributed by atoms with Crippen LogP contribution in [0.25, 0.3) is 0 Å². The summed E-state index contributed by atoms with van der Waals surface area (Å²) in [6, 6.07) is 4.34. The third kappa shape index (κ3) is 4.24. The molecule has 2 atom stereocenters. The van der Waals surface area contributed by atoms with E-state index in [2.05, 4.69) is 46.8 Å². The molecule has 0 spiro atoms. The molecule has 0 bridgehead atoms. The van der Waals surface area contributed by atoms with E-state index in [4.69, 9.17) is 10.5 Å². The summed E-state index contributed by atoms with van der Waals surface area (Å²) in [5.41, 5.74) is 9.81. The Kier molecular flexibility index (Phi) is 6.36. The van der Waals surface area contributed by atoms with E-state index in [0.29, 0.717) is 11.8 Å². The Morgan fingerprint density at radius 2 is 1.74 bits per heavy atom. The topological polar surface area (TPSA) is 35.2 Å². The van der Waals surface area contributed by atoms with Gasteiger partial charge in [-0.2, -0.15) is 0 Å². The van der Waals surface area contributed by atoms with Gasteiger partial charge >= 0.3 is 0 Å². The lowest BCUT2D eigenvalue weighted by molar-refractivity contribution is 0.316. The second-order valence-electron chi connectivity index (χ2n) is 5.66. The lowest BCUT2D eigenvalue weighted by Gasteiger charge is -2.24. The summed E-state index contributed by atoms with van der Waals surface area (Å²) in [5.74, 6) is 2.16. The van der Waals surface area contributed by atoms with Crippen LogP contribution < -0.4 is 10.5 Å². The number of nitrogens with two attached hydrogens (primary N) is 1. The molecule has 2 N–H and O–H groups in total. The summed E-state index contributed by atoms with van der Waals surface area (Å²) in [6.45, 7) is 12.7. The van der Waals surface area contributed by atoms with E-state index in [9.17, 15) is 0 Å². The summed E-state index contributed by atoms with van der Waals surface area (Å²) in [4.78, 5) is 0. The Morgan fingerprint density at radius 1 is 1.16 bits per heavy atom. The fourth-order valence-corrected chi connectivity index (χ4v) is 2.75. The van der Waals surface area contributed by atoms with E-state index in [1.807, 2.05) is 0 Å². The van der Waals surface area contributed by atoms with Crippen LogP contribution in [0, 0.1) is 19.8 Å². The van der Waals surface area contributed by atoms with Gasteiger partial charge in [-0.1, -0.05) is 20.8 Å². The van der Waals surface area contributed by atoms with Crippen molar-refractivity contribution < 1.29 is 4.74 Å². The van der Waals surface area contributed by atoms with Crippen LogP contribution in [0.1, 0.15) is 56.2 Å². The van der Waals surface area contributed by atoms with Crippen LogP contribution in [0.5, 0.6) is 5.75 Å². The first kappa shape index (κ1) is 16.0. The van der Waals surface area contributed by atoms with Crippen molar-refractivity contribution in [2.24, 2.45) is 11.7 Å². The molecule has 0 amide bonds. The minimum Gasteiger partial charge on any atom is -0.494 e. The van der Waals surface area contributed by atoms with Gasteiger partial charge in [0.25, 0.3) is 0 Å². The fourth-order valence-electron chi connectivity index (χ4n) is 2.75. The molecule has 0 aromatic heterocycles. The van der Waals surface area contributed by atoms with Crippen LogP contribution in [0.4, 0.5) is 0 Å². The molecule has 0 aliphatic carbocycles.